The average Bonchev–Trinajstić information content (AvgIpc) is 2.90. The molecule has 0 spiro atoms. The normalized spacial score (nSPS) is 11.7. The molecule has 3 N–H and O–H groups in total. The van der Waals surface area contributed by atoms with Gasteiger partial charge < -0.3 is 5.73 Å². The van der Waals surface area contributed by atoms with E-state index in [4.69, 9.17) is 5.73 Å². The van der Waals surface area contributed by atoms with Gasteiger partial charge in [0.15, 0.2) is 0 Å². The molecule has 1 heterocycles. The summed E-state index contributed by atoms with van der Waals surface area (Å²) in [7, 11) is -2.54. The summed E-state index contributed by atoms with van der Waals surface area (Å²) in [5, 5.41) is 16.8. The number of aromatic amines is 1. The van der Waals surface area contributed by atoms with Crippen molar-refractivity contribution >= 4 is 21.4 Å². The number of nitrogens with one attached hydrogen (secondary N) is 1. The van der Waals surface area contributed by atoms with Gasteiger partial charge in [0.1, 0.15) is 17.0 Å². The van der Waals surface area contributed by atoms with Crippen molar-refractivity contribution in [2.75, 3.05) is 12.8 Å². The van der Waals surface area contributed by atoms with Gasteiger partial charge in [0.25, 0.3) is 5.69 Å². The van der Waals surface area contributed by atoms with Crippen LogP contribution in [0.25, 0.3) is 0 Å². The summed E-state index contributed by atoms with van der Waals surface area (Å²) in [6.07, 6.45) is 1.26. The molecule has 0 bridgehead atoms. The first-order valence-electron chi connectivity index (χ1n) is 5.67. The second-order valence-corrected chi connectivity index (χ2v) is 6.19. The van der Waals surface area contributed by atoms with Gasteiger partial charge in [0.05, 0.1) is 17.2 Å². The van der Waals surface area contributed by atoms with E-state index in [9.17, 15) is 18.5 Å². The van der Waals surface area contributed by atoms with Crippen LogP contribution in [0.1, 0.15) is 5.82 Å². The van der Waals surface area contributed by atoms with Gasteiger partial charge in [-0.3, -0.25) is 15.2 Å². The lowest BCUT2D eigenvalue weighted by atomic mass is 10.3. The lowest BCUT2D eigenvalue weighted by Gasteiger charge is -2.16. The van der Waals surface area contributed by atoms with E-state index >= 15 is 0 Å². The Bertz CT molecular complexity index is 758. The van der Waals surface area contributed by atoms with Gasteiger partial charge in [-0.05, 0) is 6.07 Å². The Morgan fingerprint density at radius 2 is 2.19 bits per heavy atom. The lowest BCUT2D eigenvalue weighted by molar-refractivity contribution is -0.384. The number of H-pyrrole nitrogens is 1. The zero-order valence-corrected chi connectivity index (χ0v) is 11.7. The number of hydrogen-bond acceptors (Lipinski definition) is 7. The van der Waals surface area contributed by atoms with Crippen LogP contribution in [0.5, 0.6) is 0 Å². The van der Waals surface area contributed by atoms with Crippen LogP contribution in [-0.2, 0) is 16.6 Å². The summed E-state index contributed by atoms with van der Waals surface area (Å²) in [5.74, 6) is 0.363. The predicted octanol–water partition coefficient (Wildman–Crippen LogP) is 0.116. The zero-order valence-electron chi connectivity index (χ0n) is 10.9. The van der Waals surface area contributed by atoms with Crippen molar-refractivity contribution in [3.63, 3.8) is 0 Å². The first-order valence-corrected chi connectivity index (χ1v) is 7.11. The van der Waals surface area contributed by atoms with Crippen molar-refractivity contribution < 1.29 is 13.3 Å². The Hall–Kier alpha value is -2.53. The van der Waals surface area contributed by atoms with Crippen LogP contribution >= 0.6 is 0 Å². The average molecular weight is 312 g/mol. The minimum atomic E-state index is -3.89. The largest absolute Gasteiger partial charge is 0.397 e. The fraction of sp³-hybridized carbons (Fsp3) is 0.200. The number of sulfonamides is 1. The molecule has 0 radical (unpaired) electrons. The van der Waals surface area contributed by atoms with Crippen LogP contribution in [0.2, 0.25) is 0 Å². The molecule has 0 saturated heterocycles. The number of aromatic nitrogens is 3. The molecule has 0 amide bonds. The highest BCUT2D eigenvalue weighted by atomic mass is 32.2. The number of benzene rings is 1. The van der Waals surface area contributed by atoms with E-state index in [1.807, 2.05) is 0 Å². The van der Waals surface area contributed by atoms with Crippen molar-refractivity contribution in [1.29, 1.82) is 0 Å². The summed E-state index contributed by atoms with van der Waals surface area (Å²) in [6.45, 7) is -0.0290. The first kappa shape index (κ1) is 14.9. The molecule has 0 atom stereocenters. The topological polar surface area (TPSA) is 148 Å². The molecular weight excluding hydrogens is 300 g/mol. The first-order chi connectivity index (χ1) is 9.82. The fourth-order valence-electron chi connectivity index (χ4n) is 1.66. The number of hydrogen-bond donors (Lipinski definition) is 2. The number of anilines is 1. The molecule has 0 aliphatic rings. The summed E-state index contributed by atoms with van der Waals surface area (Å²) in [6, 6.07) is 3.21. The molecule has 1 aromatic carbocycles. The monoisotopic (exact) mass is 312 g/mol. The van der Waals surface area contributed by atoms with E-state index < -0.39 is 14.9 Å². The molecule has 0 aliphatic carbocycles. The standard InChI is InChI=1S/C10H12N6O4S/c1-15(5-10-12-6-13-14-10)21(19,20)9-3-2-7(16(17)18)4-8(9)11/h2-4,6H,5,11H2,1H3,(H,12,13,14). The summed E-state index contributed by atoms with van der Waals surface area (Å²) >= 11 is 0. The number of non-ortho nitro benzene ring substituents is 1. The lowest BCUT2D eigenvalue weighted by Crippen LogP contribution is -2.27. The number of nitro groups is 1. The minimum absolute atomic E-state index is 0.0290. The van der Waals surface area contributed by atoms with Gasteiger partial charge >= 0.3 is 0 Å². The van der Waals surface area contributed by atoms with E-state index in [0.29, 0.717) is 5.82 Å². The van der Waals surface area contributed by atoms with E-state index in [1.165, 1.54) is 13.4 Å². The number of nitrogens with zero attached hydrogens (tertiary/aromatic N) is 4. The molecule has 0 aliphatic heterocycles. The zero-order chi connectivity index (χ0) is 15.6. The molecule has 0 unspecified atom stereocenters. The highest BCUT2D eigenvalue weighted by molar-refractivity contribution is 7.89. The molecule has 11 heteroatoms. The van der Waals surface area contributed by atoms with E-state index in [1.54, 1.807) is 0 Å². The molecular formula is C10H12N6O4S. The summed E-state index contributed by atoms with van der Waals surface area (Å²) < 4.78 is 25.8. The molecule has 2 rings (SSSR count). The van der Waals surface area contributed by atoms with Crippen LogP contribution in [0.15, 0.2) is 29.4 Å². The molecule has 0 saturated carbocycles. The number of rotatable bonds is 5. The van der Waals surface area contributed by atoms with Crippen LogP contribution in [0.3, 0.4) is 0 Å². The van der Waals surface area contributed by atoms with E-state index in [2.05, 4.69) is 15.2 Å². The molecule has 21 heavy (non-hydrogen) atoms. The van der Waals surface area contributed by atoms with Crippen molar-refractivity contribution in [3.05, 3.63) is 40.5 Å². The maximum Gasteiger partial charge on any atom is 0.271 e. The van der Waals surface area contributed by atoms with Crippen LogP contribution < -0.4 is 5.73 Å². The van der Waals surface area contributed by atoms with Gasteiger partial charge in [0, 0.05) is 19.2 Å². The molecule has 1 aromatic heterocycles. The van der Waals surface area contributed by atoms with Crippen molar-refractivity contribution in [2.24, 2.45) is 0 Å². The molecule has 0 fully saturated rings. The van der Waals surface area contributed by atoms with Gasteiger partial charge in [-0.15, -0.1) is 0 Å². The highest BCUT2D eigenvalue weighted by Gasteiger charge is 2.25. The second kappa shape index (κ2) is 5.46. The maximum atomic E-state index is 12.4. The predicted molar refractivity (Wildman–Crippen MR) is 72.5 cm³/mol. The molecule has 2 aromatic rings. The molecule has 112 valence electrons. The molecule has 10 nitrogen and oxygen atoms in total. The third kappa shape index (κ3) is 2.98. The Morgan fingerprint density at radius 1 is 1.48 bits per heavy atom. The van der Waals surface area contributed by atoms with Crippen molar-refractivity contribution in [3.8, 4) is 0 Å². The smallest absolute Gasteiger partial charge is 0.271 e. The van der Waals surface area contributed by atoms with Crippen LogP contribution in [0.4, 0.5) is 11.4 Å². The third-order valence-corrected chi connectivity index (χ3v) is 4.61. The Kier molecular flexibility index (Phi) is 3.86. The van der Waals surface area contributed by atoms with Gasteiger partial charge in [0.2, 0.25) is 10.0 Å². The third-order valence-electron chi connectivity index (χ3n) is 2.73. The minimum Gasteiger partial charge on any atom is -0.397 e. The van der Waals surface area contributed by atoms with Crippen molar-refractivity contribution in [1.82, 2.24) is 19.5 Å². The number of nitrogen functional groups attached to an aromatic ring is 1. The number of nitro benzene ring substituents is 1. The Balaban J connectivity index is 2.33. The highest BCUT2D eigenvalue weighted by Crippen LogP contribution is 2.26. The van der Waals surface area contributed by atoms with Gasteiger partial charge in [-0.25, -0.2) is 13.4 Å². The van der Waals surface area contributed by atoms with E-state index in [-0.39, 0.29) is 22.8 Å². The Labute approximate surface area is 119 Å². The van der Waals surface area contributed by atoms with Gasteiger partial charge in [-0.1, -0.05) is 0 Å². The quantitative estimate of drug-likeness (QED) is 0.452. The summed E-state index contributed by atoms with van der Waals surface area (Å²) in [4.78, 5) is 13.6. The second-order valence-electron chi connectivity index (χ2n) is 4.17. The maximum absolute atomic E-state index is 12.4. The van der Waals surface area contributed by atoms with Gasteiger partial charge in [-0.2, -0.15) is 9.40 Å². The summed E-state index contributed by atoms with van der Waals surface area (Å²) in [5.41, 5.74) is 5.15. The van der Waals surface area contributed by atoms with E-state index in [0.717, 1.165) is 22.5 Å². The Morgan fingerprint density at radius 3 is 2.71 bits per heavy atom. The van der Waals surface area contributed by atoms with Crippen LogP contribution in [0, 0.1) is 10.1 Å². The number of nitrogens with two attached hydrogens (primary N) is 1. The van der Waals surface area contributed by atoms with Crippen LogP contribution in [-0.4, -0.2) is 39.9 Å². The SMILES string of the molecule is CN(Cc1ncn[nH]1)S(=O)(=O)c1ccc([N+](=O)[O-])cc1N. The van der Waals surface area contributed by atoms with Crippen molar-refractivity contribution in [2.45, 2.75) is 11.4 Å². The fourth-order valence-corrected chi connectivity index (χ4v) is 2.88.